The van der Waals surface area contributed by atoms with Crippen molar-refractivity contribution in [2.75, 3.05) is 12.3 Å². The molecular weight excluding hydrogens is 503 g/mol. The van der Waals surface area contributed by atoms with E-state index in [2.05, 4.69) is 115 Å². The molecule has 0 radical (unpaired) electrons. The fraction of sp³-hybridized carbons (Fsp3) is 0.200. The molecule has 0 amide bonds. The van der Waals surface area contributed by atoms with Gasteiger partial charge in [0.2, 0.25) is 0 Å². The molecule has 0 saturated carbocycles. The Morgan fingerprint density at radius 1 is 0.636 bits per heavy atom. The molecule has 0 aromatic heterocycles. The van der Waals surface area contributed by atoms with Gasteiger partial charge in [0.15, 0.2) is 0 Å². The molecule has 33 heavy (non-hydrogen) atoms. The zero-order valence-corrected chi connectivity index (χ0v) is 22.4. The van der Waals surface area contributed by atoms with E-state index >= 15 is 0 Å². The van der Waals surface area contributed by atoms with Crippen molar-refractivity contribution in [3.05, 3.63) is 121 Å². The van der Waals surface area contributed by atoms with Crippen molar-refractivity contribution in [3.8, 4) is 0 Å². The zero-order chi connectivity index (χ0) is 21.9. The van der Waals surface area contributed by atoms with E-state index < -0.39 is 6.60 Å². The van der Waals surface area contributed by atoms with Gasteiger partial charge in [0.25, 0.3) is 0 Å². The van der Waals surface area contributed by atoms with Gasteiger partial charge in [0, 0.05) is 0 Å². The molecule has 0 aliphatic carbocycles. The van der Waals surface area contributed by atoms with E-state index in [-0.39, 0.29) is 17.0 Å². The minimum atomic E-state index is -2.64. The van der Waals surface area contributed by atoms with E-state index in [1.54, 1.807) is 15.9 Å². The van der Waals surface area contributed by atoms with Crippen molar-refractivity contribution in [1.82, 2.24) is 0 Å². The van der Waals surface area contributed by atoms with E-state index in [0.717, 1.165) is 11.3 Å². The Balaban J connectivity index is 0.00000259. The quantitative estimate of drug-likeness (QED) is 0.206. The van der Waals surface area contributed by atoms with E-state index in [1.807, 2.05) is 0 Å². The van der Waals surface area contributed by atoms with Crippen LogP contribution in [0.2, 0.25) is 0 Å². The topological polar surface area (TPSA) is 0 Å². The van der Waals surface area contributed by atoms with Crippen molar-refractivity contribution in [1.29, 1.82) is 0 Å². The van der Waals surface area contributed by atoms with Crippen molar-refractivity contribution in [3.63, 3.8) is 0 Å². The summed E-state index contributed by atoms with van der Waals surface area (Å²) in [6.45, 7) is -2.64. The van der Waals surface area contributed by atoms with Crippen LogP contribution in [0.1, 0.15) is 18.4 Å². The Bertz CT molecular complexity index is 1080. The number of rotatable bonds is 5. The number of thiol groups is 1. The van der Waals surface area contributed by atoms with Crippen LogP contribution < -0.4 is 15.9 Å². The van der Waals surface area contributed by atoms with Gasteiger partial charge >= 0.3 is 198 Å². The molecule has 1 aliphatic heterocycles. The van der Waals surface area contributed by atoms with Crippen molar-refractivity contribution in [2.45, 2.75) is 24.2 Å². The van der Waals surface area contributed by atoms with Crippen molar-refractivity contribution >= 4 is 52.1 Å². The second kappa shape index (κ2) is 10.2. The van der Waals surface area contributed by atoms with Gasteiger partial charge in [0.1, 0.15) is 0 Å². The maximum absolute atomic E-state index is 4.78. The van der Waals surface area contributed by atoms with Crippen LogP contribution in [-0.2, 0) is 6.42 Å². The van der Waals surface area contributed by atoms with Gasteiger partial charge in [-0.2, -0.15) is 0 Å². The first-order valence-electron chi connectivity index (χ1n) is 11.7. The first-order chi connectivity index (χ1) is 15.7. The predicted molar refractivity (Wildman–Crippen MR) is 155 cm³/mol. The van der Waals surface area contributed by atoms with E-state index in [4.69, 9.17) is 12.6 Å². The van der Waals surface area contributed by atoms with Crippen LogP contribution in [0, 0.1) is 5.92 Å². The normalized spacial score (nSPS) is 20.0. The molecule has 4 aromatic carbocycles. The molecule has 1 heterocycles. The molecule has 3 heteroatoms. The van der Waals surface area contributed by atoms with E-state index in [9.17, 15) is 0 Å². The van der Waals surface area contributed by atoms with Gasteiger partial charge in [-0.1, -0.05) is 0 Å². The van der Waals surface area contributed by atoms with Crippen LogP contribution in [0.3, 0.4) is 0 Å². The third-order valence-electron chi connectivity index (χ3n) is 7.56. The summed E-state index contributed by atoms with van der Waals surface area (Å²) in [6.07, 6.45) is 6.13. The van der Waals surface area contributed by atoms with Gasteiger partial charge < -0.3 is 0 Å². The summed E-state index contributed by atoms with van der Waals surface area (Å²) >= 11 is 4.78. The zero-order valence-electron chi connectivity index (χ0n) is 18.9. The molecule has 4 aromatic rings. The first kappa shape index (κ1) is 24.3. The number of hydrogen-bond donors (Lipinski definition) is 1. The summed E-state index contributed by atoms with van der Waals surface area (Å²) in [5.41, 5.74) is 1.38. The molecule has 0 N–H and O–H groups in total. The van der Waals surface area contributed by atoms with Crippen LogP contribution in [0.4, 0.5) is 0 Å². The molecule has 170 valence electrons. The molecule has 1 unspecified atom stereocenters. The second-order valence-electron chi connectivity index (χ2n) is 9.26. The fourth-order valence-corrected chi connectivity index (χ4v) is 13.9. The monoisotopic (exact) mass is 534 g/mol. The third kappa shape index (κ3) is 4.23. The summed E-state index contributed by atoms with van der Waals surface area (Å²) in [7, 11) is 0. The molecule has 1 atom stereocenters. The molecule has 5 rings (SSSR count). The fourth-order valence-electron chi connectivity index (χ4n) is 6.16. The van der Waals surface area contributed by atoms with Crippen molar-refractivity contribution in [2.24, 2.45) is 5.92 Å². The van der Waals surface area contributed by atoms with E-state index in [0.29, 0.717) is 5.92 Å². The van der Waals surface area contributed by atoms with Crippen LogP contribution in [0.25, 0.3) is 0 Å². The summed E-state index contributed by atoms with van der Waals surface area (Å²) in [4.78, 5) is 1.12. The molecule has 0 bridgehead atoms. The number of halogens is 1. The van der Waals surface area contributed by atoms with Gasteiger partial charge in [-0.3, -0.25) is 0 Å². The standard InChI is InChI=1S/C30H31PS.BrH/c32-30-21-11-10-14-26(30)23-25-13-12-22-31(24-25,27-15-4-1-5-16-27,28-17-6-2-7-18-28)29-19-8-3-9-20-29;/h1-11,14-21,25,32H,12-13,22-24H2;1H. The predicted octanol–water partition coefficient (Wildman–Crippen LogP) is 7.04. The Hall–Kier alpha value is -1.86. The van der Waals surface area contributed by atoms with Crippen LogP contribution >= 0.6 is 36.2 Å². The van der Waals surface area contributed by atoms with Gasteiger partial charge in [0.05, 0.1) is 0 Å². The Morgan fingerprint density at radius 3 is 1.58 bits per heavy atom. The Kier molecular flexibility index (Phi) is 7.49. The molecular formula is C30H32BrPS. The van der Waals surface area contributed by atoms with Gasteiger partial charge in [-0.25, -0.2) is 0 Å². The van der Waals surface area contributed by atoms with Crippen LogP contribution in [-0.4, -0.2) is 12.3 Å². The van der Waals surface area contributed by atoms with Crippen LogP contribution in [0.15, 0.2) is 120 Å². The Morgan fingerprint density at radius 2 is 1.09 bits per heavy atom. The average molecular weight is 536 g/mol. The summed E-state index contributed by atoms with van der Waals surface area (Å²) < 4.78 is 0. The maximum atomic E-state index is 4.78. The summed E-state index contributed by atoms with van der Waals surface area (Å²) in [5.74, 6) is 0.635. The third-order valence-corrected chi connectivity index (χ3v) is 15.3. The molecule has 1 aliphatic rings. The SMILES string of the molecule is Br.Sc1ccccc1CC1CCCP(c2ccccc2)(c2ccccc2)(c2ccccc2)C1. The molecule has 0 spiro atoms. The van der Waals surface area contributed by atoms with Crippen LogP contribution in [0.5, 0.6) is 0 Å². The summed E-state index contributed by atoms with van der Waals surface area (Å²) in [6, 6.07) is 43.0. The first-order valence-corrected chi connectivity index (χ1v) is 14.7. The van der Waals surface area contributed by atoms with Gasteiger partial charge in [-0.05, 0) is 0 Å². The molecule has 1 fully saturated rings. The molecule has 1 saturated heterocycles. The number of benzene rings is 4. The second-order valence-corrected chi connectivity index (χ2v) is 15.1. The minimum absolute atomic E-state index is 0. The molecule has 0 nitrogen and oxygen atoms in total. The van der Waals surface area contributed by atoms with E-state index in [1.165, 1.54) is 30.7 Å². The van der Waals surface area contributed by atoms with Crippen molar-refractivity contribution < 1.29 is 0 Å². The average Bonchev–Trinajstić information content (AvgIpc) is 2.87. The Labute approximate surface area is 214 Å². The van der Waals surface area contributed by atoms with Gasteiger partial charge in [-0.15, -0.1) is 17.0 Å². The number of hydrogen-bond acceptors (Lipinski definition) is 1. The summed E-state index contributed by atoms with van der Waals surface area (Å²) in [5, 5.41) is 4.62.